The molecule has 0 unspecified atom stereocenters. The topological polar surface area (TPSA) is 77.2 Å². The summed E-state index contributed by atoms with van der Waals surface area (Å²) in [6, 6.07) is 10.1. The van der Waals surface area contributed by atoms with Crippen molar-refractivity contribution in [2.45, 2.75) is 21.9 Å². The molecule has 0 amide bonds. The van der Waals surface area contributed by atoms with E-state index in [0.717, 1.165) is 21.0 Å². The number of rotatable bonds is 4. The van der Waals surface area contributed by atoms with Crippen molar-refractivity contribution in [1.29, 1.82) is 0 Å². The van der Waals surface area contributed by atoms with Crippen LogP contribution in [-0.4, -0.2) is 34.0 Å². The molecule has 3 aromatic heterocycles. The van der Waals surface area contributed by atoms with Gasteiger partial charge in [0.25, 0.3) is 0 Å². The monoisotopic (exact) mass is 376 g/mol. The van der Waals surface area contributed by atoms with E-state index in [1.165, 1.54) is 4.52 Å². The molecule has 0 saturated carbocycles. The summed E-state index contributed by atoms with van der Waals surface area (Å²) >= 11 is 3.14. The Bertz CT molecular complexity index is 1130. The number of aromatic nitrogens is 4. The highest BCUT2D eigenvalue weighted by molar-refractivity contribution is 7.99. The van der Waals surface area contributed by atoms with Crippen molar-refractivity contribution in [2.75, 3.05) is 5.75 Å². The van der Waals surface area contributed by atoms with E-state index in [1.807, 2.05) is 18.4 Å². The zero-order valence-electron chi connectivity index (χ0n) is 12.6. The average molecular weight is 376 g/mol. The molecule has 0 radical (unpaired) electrons. The van der Waals surface area contributed by atoms with E-state index in [-0.39, 0.29) is 15.6 Å². The molecule has 24 heavy (non-hydrogen) atoms. The number of sulfone groups is 1. The van der Waals surface area contributed by atoms with E-state index < -0.39 is 9.84 Å². The molecular weight excluding hydrogens is 364 g/mol. The van der Waals surface area contributed by atoms with Crippen LogP contribution in [0, 0.1) is 0 Å². The molecule has 0 N–H and O–H groups in total. The minimum absolute atomic E-state index is 0.111. The van der Waals surface area contributed by atoms with E-state index >= 15 is 0 Å². The molecule has 0 aliphatic carbocycles. The van der Waals surface area contributed by atoms with Crippen molar-refractivity contribution < 1.29 is 8.42 Å². The fourth-order valence-electron chi connectivity index (χ4n) is 2.42. The fraction of sp³-hybridized carbons (Fsp3) is 0.133. The maximum absolute atomic E-state index is 12.9. The van der Waals surface area contributed by atoms with E-state index in [9.17, 15) is 8.42 Å². The van der Waals surface area contributed by atoms with Crippen molar-refractivity contribution in [2.24, 2.45) is 0 Å². The second kappa shape index (κ2) is 5.83. The Morgan fingerprint density at radius 3 is 2.75 bits per heavy atom. The lowest BCUT2D eigenvalue weighted by molar-refractivity contribution is 0.592. The van der Waals surface area contributed by atoms with Crippen LogP contribution in [-0.2, 0) is 9.84 Å². The number of thiophene rings is 1. The van der Waals surface area contributed by atoms with Gasteiger partial charge in [-0.25, -0.2) is 13.4 Å². The van der Waals surface area contributed by atoms with Crippen molar-refractivity contribution in [3.05, 3.63) is 41.8 Å². The van der Waals surface area contributed by atoms with Gasteiger partial charge in [0.2, 0.25) is 14.9 Å². The Balaban J connectivity index is 2.03. The van der Waals surface area contributed by atoms with Gasteiger partial charge in [-0.15, -0.1) is 28.2 Å². The van der Waals surface area contributed by atoms with Crippen LogP contribution in [0.4, 0.5) is 0 Å². The maximum Gasteiger partial charge on any atom is 0.229 e. The fourth-order valence-corrected chi connectivity index (χ4v) is 5.41. The van der Waals surface area contributed by atoms with Crippen LogP contribution < -0.4 is 0 Å². The first-order chi connectivity index (χ1) is 11.6. The average Bonchev–Trinajstić information content (AvgIpc) is 3.22. The molecule has 6 nitrogen and oxygen atoms in total. The first-order valence-electron chi connectivity index (χ1n) is 7.18. The van der Waals surface area contributed by atoms with E-state index in [4.69, 9.17) is 0 Å². The Kier molecular flexibility index (Phi) is 3.78. The summed E-state index contributed by atoms with van der Waals surface area (Å²) in [6.07, 6.45) is 0. The maximum atomic E-state index is 12.9. The van der Waals surface area contributed by atoms with Crippen LogP contribution in [0.2, 0.25) is 0 Å². The minimum Gasteiger partial charge on any atom is -0.218 e. The summed E-state index contributed by atoms with van der Waals surface area (Å²) in [4.78, 5) is 4.73. The Hall–Kier alpha value is -1.97. The molecule has 0 aliphatic heterocycles. The zero-order valence-corrected chi connectivity index (χ0v) is 15.0. The van der Waals surface area contributed by atoms with Gasteiger partial charge in [-0.2, -0.15) is 4.52 Å². The van der Waals surface area contributed by atoms with Crippen LogP contribution in [0.15, 0.2) is 56.7 Å². The smallest absolute Gasteiger partial charge is 0.218 e. The predicted molar refractivity (Wildman–Crippen MR) is 94.5 cm³/mol. The number of benzene rings is 1. The van der Waals surface area contributed by atoms with Crippen molar-refractivity contribution in [3.63, 3.8) is 0 Å². The van der Waals surface area contributed by atoms with Gasteiger partial charge in [-0.05, 0) is 29.3 Å². The molecule has 1 aromatic carbocycles. The summed E-state index contributed by atoms with van der Waals surface area (Å²) in [7, 11) is -3.77. The molecular formula is C15H12N4O2S3. The van der Waals surface area contributed by atoms with Gasteiger partial charge in [-0.3, -0.25) is 0 Å². The highest BCUT2D eigenvalue weighted by Gasteiger charge is 2.27. The number of thioether (sulfide) groups is 1. The third-order valence-corrected chi connectivity index (χ3v) is 7.04. The lowest BCUT2D eigenvalue weighted by Gasteiger charge is -2.04. The molecule has 9 heteroatoms. The molecule has 0 aliphatic rings. The van der Waals surface area contributed by atoms with Gasteiger partial charge in [0.05, 0.1) is 15.1 Å². The largest absolute Gasteiger partial charge is 0.229 e. The van der Waals surface area contributed by atoms with Gasteiger partial charge in [0, 0.05) is 0 Å². The van der Waals surface area contributed by atoms with Gasteiger partial charge in [0.15, 0.2) is 5.65 Å². The summed E-state index contributed by atoms with van der Waals surface area (Å²) in [5, 5.41) is 10.6. The third kappa shape index (κ3) is 2.31. The summed E-state index contributed by atoms with van der Waals surface area (Å²) < 4.78 is 28.3. The Labute approximate surface area is 146 Å². The van der Waals surface area contributed by atoms with Gasteiger partial charge >= 0.3 is 0 Å². The Morgan fingerprint density at radius 2 is 2.00 bits per heavy atom. The number of hydrogen-bond donors (Lipinski definition) is 0. The zero-order chi connectivity index (χ0) is 16.7. The van der Waals surface area contributed by atoms with E-state index in [1.54, 1.807) is 53.4 Å². The molecule has 0 saturated heterocycles. The normalized spacial score (nSPS) is 12.2. The summed E-state index contributed by atoms with van der Waals surface area (Å²) in [5.74, 6) is 0.846. The second-order valence-electron chi connectivity index (χ2n) is 4.93. The third-order valence-electron chi connectivity index (χ3n) is 3.48. The molecule has 122 valence electrons. The lowest BCUT2D eigenvalue weighted by Crippen LogP contribution is -2.04. The lowest BCUT2D eigenvalue weighted by atomic mass is 10.4. The number of nitrogens with zero attached hydrogens (tertiary/aromatic N) is 4. The SMILES string of the molecule is CCSc1nc2c(S(=O)(=O)c3ccccc3)nnn2c2ccsc12. The molecule has 4 aromatic rings. The highest BCUT2D eigenvalue weighted by Crippen LogP contribution is 2.33. The molecule has 0 spiro atoms. The summed E-state index contributed by atoms with van der Waals surface area (Å²) in [6.45, 7) is 2.03. The van der Waals surface area contributed by atoms with Crippen LogP contribution in [0.3, 0.4) is 0 Å². The van der Waals surface area contributed by atoms with Crippen LogP contribution in [0.1, 0.15) is 6.92 Å². The molecule has 3 heterocycles. The quantitative estimate of drug-likeness (QED) is 0.402. The standard InChI is InChI=1S/C15H12N4O2S3/c1-2-22-14-12-11(8-9-23-12)19-13(16-14)15(17-18-19)24(20,21)10-6-4-3-5-7-10/h3-9H,2H2,1H3. The van der Waals surface area contributed by atoms with Crippen LogP contribution in [0.25, 0.3) is 15.9 Å². The van der Waals surface area contributed by atoms with E-state index in [0.29, 0.717) is 0 Å². The summed E-state index contributed by atoms with van der Waals surface area (Å²) in [5.41, 5.74) is 1.09. The Morgan fingerprint density at radius 1 is 1.21 bits per heavy atom. The molecule has 4 rings (SSSR count). The van der Waals surface area contributed by atoms with Crippen molar-refractivity contribution >= 4 is 48.8 Å². The molecule has 0 atom stereocenters. The van der Waals surface area contributed by atoms with Gasteiger partial charge in [0.1, 0.15) is 5.03 Å². The first kappa shape index (κ1) is 15.6. The number of hydrogen-bond acceptors (Lipinski definition) is 7. The van der Waals surface area contributed by atoms with Gasteiger partial charge < -0.3 is 0 Å². The van der Waals surface area contributed by atoms with Crippen LogP contribution in [0.5, 0.6) is 0 Å². The number of fused-ring (bicyclic) bond motifs is 3. The van der Waals surface area contributed by atoms with Crippen molar-refractivity contribution in [3.8, 4) is 0 Å². The minimum atomic E-state index is -3.77. The van der Waals surface area contributed by atoms with E-state index in [2.05, 4.69) is 15.3 Å². The second-order valence-corrected chi connectivity index (χ2v) is 8.97. The van der Waals surface area contributed by atoms with Crippen LogP contribution >= 0.6 is 23.1 Å². The first-order valence-corrected chi connectivity index (χ1v) is 10.5. The van der Waals surface area contributed by atoms with Crippen molar-refractivity contribution in [1.82, 2.24) is 19.8 Å². The predicted octanol–water partition coefficient (Wildman–Crippen LogP) is 3.28. The molecule has 0 fully saturated rings. The highest BCUT2D eigenvalue weighted by atomic mass is 32.2. The van der Waals surface area contributed by atoms with Gasteiger partial charge in [-0.1, -0.05) is 30.3 Å². The molecule has 0 bridgehead atoms.